The number of nitrogens with zero attached hydrogens (tertiary/aromatic N) is 2. The van der Waals surface area contributed by atoms with Crippen LogP contribution in [0.2, 0.25) is 0 Å². The first kappa shape index (κ1) is 19.3. The lowest BCUT2D eigenvalue weighted by molar-refractivity contribution is 0.164. The lowest BCUT2D eigenvalue weighted by Gasteiger charge is -2.33. The van der Waals surface area contributed by atoms with Crippen LogP contribution in [0.15, 0.2) is 29.6 Å². The van der Waals surface area contributed by atoms with Crippen LogP contribution in [-0.4, -0.2) is 35.6 Å². The first-order valence-electron chi connectivity index (χ1n) is 6.88. The Bertz CT molecular complexity index is 594. The molecule has 1 fully saturated rings. The molecular weight excluding hydrogens is 344 g/mol. The highest BCUT2D eigenvalue weighted by Gasteiger charge is 2.19. The lowest BCUT2D eigenvalue weighted by Crippen LogP contribution is -2.49. The van der Waals surface area contributed by atoms with Crippen LogP contribution in [-0.2, 0) is 6.54 Å². The fraction of sp³-hybridized carbons (Fsp3) is 0.400. The quantitative estimate of drug-likeness (QED) is 0.902. The van der Waals surface area contributed by atoms with Crippen molar-refractivity contribution in [1.82, 2.24) is 15.2 Å². The molecule has 0 spiro atoms. The minimum atomic E-state index is -0.205. The van der Waals surface area contributed by atoms with Crippen molar-refractivity contribution in [2.45, 2.75) is 19.5 Å². The van der Waals surface area contributed by atoms with E-state index in [0.717, 1.165) is 36.9 Å². The molecule has 0 radical (unpaired) electrons. The molecule has 1 aromatic heterocycles. The number of hydrogen-bond donors (Lipinski definition) is 1. The van der Waals surface area contributed by atoms with E-state index in [1.165, 1.54) is 17.4 Å². The fourth-order valence-corrected chi connectivity index (χ4v) is 3.30. The van der Waals surface area contributed by atoms with Crippen LogP contribution < -0.4 is 5.32 Å². The Kier molecular flexibility index (Phi) is 7.72. The predicted molar refractivity (Wildman–Crippen MR) is 94.7 cm³/mol. The van der Waals surface area contributed by atoms with E-state index in [1.54, 1.807) is 12.1 Å². The van der Waals surface area contributed by atoms with Crippen LogP contribution in [0.3, 0.4) is 0 Å². The van der Waals surface area contributed by atoms with Gasteiger partial charge in [0.05, 0.1) is 5.69 Å². The molecule has 3 nitrogen and oxygen atoms in total. The number of benzene rings is 1. The van der Waals surface area contributed by atoms with Crippen molar-refractivity contribution in [2.24, 2.45) is 0 Å². The van der Waals surface area contributed by atoms with Crippen molar-refractivity contribution < 1.29 is 4.39 Å². The van der Waals surface area contributed by atoms with Crippen molar-refractivity contribution in [1.29, 1.82) is 0 Å². The van der Waals surface area contributed by atoms with Crippen molar-refractivity contribution >= 4 is 36.2 Å². The normalized spacial score (nSPS) is 18.4. The fourth-order valence-electron chi connectivity index (χ4n) is 2.46. The number of nitrogens with one attached hydrogen (secondary N) is 1. The average Bonchev–Trinajstić information content (AvgIpc) is 2.90. The molecule has 1 aromatic carbocycles. The van der Waals surface area contributed by atoms with Crippen molar-refractivity contribution in [2.75, 3.05) is 19.6 Å². The highest BCUT2D eigenvalue weighted by atomic mass is 35.5. The smallest absolute Gasteiger partial charge is 0.133 e. The summed E-state index contributed by atoms with van der Waals surface area (Å²) in [5.41, 5.74) is 1.62. The Hall–Kier alpha value is -0.720. The number of rotatable bonds is 3. The SMILES string of the molecule is C[C@@H]1CNCCN1Cc1csc(-c2ccccc2F)n1.Cl.Cl. The molecule has 1 N–H and O–H groups in total. The van der Waals surface area contributed by atoms with Crippen LogP contribution in [0.5, 0.6) is 0 Å². The molecule has 7 heteroatoms. The minimum Gasteiger partial charge on any atom is -0.314 e. The Balaban J connectivity index is 0.00000121. The van der Waals surface area contributed by atoms with Gasteiger partial charge in [-0.05, 0) is 19.1 Å². The largest absolute Gasteiger partial charge is 0.314 e. The Morgan fingerprint density at radius 1 is 1.36 bits per heavy atom. The molecule has 3 rings (SSSR count). The van der Waals surface area contributed by atoms with Gasteiger partial charge in [0.1, 0.15) is 10.8 Å². The molecule has 22 heavy (non-hydrogen) atoms. The number of piperazine rings is 1. The number of thiazole rings is 1. The van der Waals surface area contributed by atoms with Crippen LogP contribution >= 0.6 is 36.2 Å². The second-order valence-corrected chi connectivity index (χ2v) is 6.01. The molecule has 0 aliphatic carbocycles. The summed E-state index contributed by atoms with van der Waals surface area (Å²) in [6.07, 6.45) is 0. The first-order chi connectivity index (χ1) is 9.74. The summed E-state index contributed by atoms with van der Waals surface area (Å²) < 4.78 is 13.8. The van der Waals surface area contributed by atoms with Crippen LogP contribution in [0.4, 0.5) is 4.39 Å². The monoisotopic (exact) mass is 363 g/mol. The number of aromatic nitrogens is 1. The third-order valence-electron chi connectivity index (χ3n) is 3.66. The minimum absolute atomic E-state index is 0. The van der Waals surface area contributed by atoms with Crippen molar-refractivity contribution in [3.63, 3.8) is 0 Å². The van der Waals surface area contributed by atoms with Crippen LogP contribution in [0, 0.1) is 5.82 Å². The average molecular weight is 364 g/mol. The zero-order valence-electron chi connectivity index (χ0n) is 12.3. The highest BCUT2D eigenvalue weighted by molar-refractivity contribution is 7.13. The van der Waals surface area contributed by atoms with Crippen LogP contribution in [0.25, 0.3) is 10.6 Å². The second kappa shape index (κ2) is 8.79. The summed E-state index contributed by atoms with van der Waals surface area (Å²) in [6, 6.07) is 7.33. The molecule has 2 aromatic rings. The summed E-state index contributed by atoms with van der Waals surface area (Å²) in [6.45, 7) is 6.14. The maximum atomic E-state index is 13.8. The third kappa shape index (κ3) is 4.40. The predicted octanol–water partition coefficient (Wildman–Crippen LogP) is 3.59. The van der Waals surface area contributed by atoms with E-state index in [9.17, 15) is 4.39 Å². The maximum absolute atomic E-state index is 13.8. The third-order valence-corrected chi connectivity index (χ3v) is 4.58. The van der Waals surface area contributed by atoms with Crippen molar-refractivity contribution in [3.05, 3.63) is 41.2 Å². The number of halogens is 3. The molecule has 0 amide bonds. The van der Waals surface area contributed by atoms with Gasteiger partial charge < -0.3 is 5.32 Å². The summed E-state index contributed by atoms with van der Waals surface area (Å²) >= 11 is 1.51. The summed E-state index contributed by atoms with van der Waals surface area (Å²) in [7, 11) is 0. The zero-order chi connectivity index (χ0) is 13.9. The molecular formula is C15H20Cl2FN3S. The topological polar surface area (TPSA) is 28.2 Å². The van der Waals surface area contributed by atoms with E-state index >= 15 is 0 Å². The highest BCUT2D eigenvalue weighted by Crippen LogP contribution is 2.26. The first-order valence-corrected chi connectivity index (χ1v) is 7.76. The molecule has 1 aliphatic rings. The van der Waals surface area contributed by atoms with E-state index in [4.69, 9.17) is 0 Å². The van der Waals surface area contributed by atoms with Gasteiger partial charge in [0.25, 0.3) is 0 Å². The molecule has 1 atom stereocenters. The van der Waals surface area contributed by atoms with Crippen molar-refractivity contribution in [3.8, 4) is 10.6 Å². The molecule has 2 heterocycles. The van der Waals surface area contributed by atoms with Gasteiger partial charge in [-0.1, -0.05) is 12.1 Å². The van der Waals surface area contributed by atoms with E-state index in [1.807, 2.05) is 11.4 Å². The molecule has 122 valence electrons. The maximum Gasteiger partial charge on any atom is 0.133 e. The van der Waals surface area contributed by atoms with E-state index < -0.39 is 0 Å². The lowest BCUT2D eigenvalue weighted by atomic mass is 10.2. The molecule has 0 unspecified atom stereocenters. The van der Waals surface area contributed by atoms with Gasteiger partial charge in [0, 0.05) is 43.2 Å². The molecule has 1 aliphatic heterocycles. The van der Waals surface area contributed by atoms with E-state index in [-0.39, 0.29) is 30.6 Å². The zero-order valence-corrected chi connectivity index (χ0v) is 14.7. The Morgan fingerprint density at radius 3 is 2.86 bits per heavy atom. The van der Waals surface area contributed by atoms with Gasteiger partial charge in [0.15, 0.2) is 0 Å². The Labute approximate surface area is 146 Å². The Morgan fingerprint density at radius 2 is 2.14 bits per heavy atom. The van der Waals surface area contributed by atoms with E-state index in [2.05, 4.69) is 22.1 Å². The summed E-state index contributed by atoms with van der Waals surface area (Å²) in [5, 5.41) is 6.18. The summed E-state index contributed by atoms with van der Waals surface area (Å²) in [4.78, 5) is 7.00. The van der Waals surface area contributed by atoms with Gasteiger partial charge in [-0.25, -0.2) is 9.37 Å². The standard InChI is InChI=1S/C15H18FN3S.2ClH/c1-11-8-17-6-7-19(11)9-12-10-20-15(18-12)13-4-2-3-5-14(13)16;;/h2-5,10-11,17H,6-9H2,1H3;2*1H/t11-;;/m1../s1. The van der Waals surface area contributed by atoms with Gasteiger partial charge in [-0.2, -0.15) is 0 Å². The van der Waals surface area contributed by atoms with Gasteiger partial charge >= 0.3 is 0 Å². The molecule has 0 bridgehead atoms. The van der Waals surface area contributed by atoms with Gasteiger partial charge in [-0.15, -0.1) is 36.2 Å². The molecule has 0 saturated carbocycles. The molecule has 1 saturated heterocycles. The summed E-state index contributed by atoms with van der Waals surface area (Å²) in [5.74, 6) is -0.205. The second-order valence-electron chi connectivity index (χ2n) is 5.15. The van der Waals surface area contributed by atoms with Gasteiger partial charge in [0.2, 0.25) is 0 Å². The van der Waals surface area contributed by atoms with Gasteiger partial charge in [-0.3, -0.25) is 4.90 Å². The van der Waals surface area contributed by atoms with Crippen LogP contribution in [0.1, 0.15) is 12.6 Å². The number of hydrogen-bond acceptors (Lipinski definition) is 4. The van der Waals surface area contributed by atoms with E-state index in [0.29, 0.717) is 11.6 Å².